The molecule has 1 aromatic carbocycles. The number of benzene rings is 1. The number of imidazole rings is 1. The number of nitrogens with zero attached hydrogens (tertiary/aromatic N) is 1. The molecule has 2 aromatic rings. The molecule has 2 N–H and O–H groups in total. The average Bonchev–Trinajstić information content (AvgIpc) is 3.16. The quantitative estimate of drug-likeness (QED) is 0.852. The van der Waals surface area contributed by atoms with E-state index < -0.39 is 0 Å². The first-order chi connectivity index (χ1) is 10.8. The monoisotopic (exact) mass is 313 g/mol. The molecule has 0 radical (unpaired) electrons. The number of aromatic amines is 1. The van der Waals surface area contributed by atoms with Crippen LogP contribution in [0.3, 0.4) is 0 Å². The molecule has 6 heteroatoms. The number of nitrogens with one attached hydrogen (secondary N) is 2. The Morgan fingerprint density at radius 2 is 1.91 bits per heavy atom. The molecule has 2 aliphatic rings. The summed E-state index contributed by atoms with van der Waals surface area (Å²) in [5.74, 6) is 1.67. The number of hydrogen-bond donors (Lipinski definition) is 2. The summed E-state index contributed by atoms with van der Waals surface area (Å²) in [6.07, 6.45) is 2.67. The van der Waals surface area contributed by atoms with E-state index in [2.05, 4.69) is 49.0 Å². The maximum absolute atomic E-state index is 6.12. The van der Waals surface area contributed by atoms with Gasteiger partial charge in [-0.15, -0.1) is 0 Å². The minimum Gasteiger partial charge on any atom is -0.399 e. The van der Waals surface area contributed by atoms with Crippen LogP contribution in [0.5, 0.6) is 0 Å². The lowest BCUT2D eigenvalue weighted by atomic mass is 9.79. The van der Waals surface area contributed by atoms with Crippen LogP contribution >= 0.6 is 0 Å². The molecule has 4 rings (SSSR count). The summed E-state index contributed by atoms with van der Waals surface area (Å²) in [5, 5.41) is 3.38. The van der Waals surface area contributed by atoms with E-state index in [1.54, 1.807) is 0 Å². The van der Waals surface area contributed by atoms with Gasteiger partial charge in [-0.2, -0.15) is 0 Å². The molecule has 1 aromatic heterocycles. The van der Waals surface area contributed by atoms with Gasteiger partial charge in [-0.3, -0.25) is 0 Å². The minimum atomic E-state index is -0.344. The highest BCUT2D eigenvalue weighted by molar-refractivity contribution is 6.62. The van der Waals surface area contributed by atoms with Gasteiger partial charge in [-0.1, -0.05) is 6.07 Å². The van der Waals surface area contributed by atoms with Crippen molar-refractivity contribution < 1.29 is 9.31 Å². The molecule has 2 fully saturated rings. The van der Waals surface area contributed by atoms with Crippen LogP contribution in [-0.2, 0) is 9.31 Å². The van der Waals surface area contributed by atoms with Gasteiger partial charge in [-0.05, 0) is 64.1 Å². The molecule has 0 spiro atoms. The SMILES string of the molecule is CC1(C)OB(c2ccc3[nH]c(NCC4CC4)nc3c2)OC1(C)C. The maximum Gasteiger partial charge on any atom is 0.494 e. The highest BCUT2D eigenvalue weighted by Gasteiger charge is 2.51. The maximum atomic E-state index is 6.12. The highest BCUT2D eigenvalue weighted by Crippen LogP contribution is 2.36. The molecule has 1 aliphatic carbocycles. The van der Waals surface area contributed by atoms with Gasteiger partial charge >= 0.3 is 7.12 Å². The van der Waals surface area contributed by atoms with Crippen molar-refractivity contribution in [2.75, 3.05) is 11.9 Å². The van der Waals surface area contributed by atoms with E-state index in [0.29, 0.717) is 0 Å². The molecule has 1 aliphatic heterocycles. The molecular weight excluding hydrogens is 289 g/mol. The average molecular weight is 313 g/mol. The largest absolute Gasteiger partial charge is 0.494 e. The van der Waals surface area contributed by atoms with Crippen molar-refractivity contribution in [1.29, 1.82) is 0 Å². The fourth-order valence-corrected chi connectivity index (χ4v) is 2.80. The Morgan fingerprint density at radius 3 is 2.57 bits per heavy atom. The summed E-state index contributed by atoms with van der Waals surface area (Å²) in [6, 6.07) is 6.15. The van der Waals surface area contributed by atoms with Crippen molar-refractivity contribution in [3.63, 3.8) is 0 Å². The number of anilines is 1. The molecule has 0 amide bonds. The normalized spacial score (nSPS) is 22.7. The van der Waals surface area contributed by atoms with Crippen molar-refractivity contribution in [1.82, 2.24) is 9.97 Å². The molecule has 2 heterocycles. The lowest BCUT2D eigenvalue weighted by Gasteiger charge is -2.32. The first-order valence-electron chi connectivity index (χ1n) is 8.43. The van der Waals surface area contributed by atoms with Crippen molar-refractivity contribution in [2.24, 2.45) is 5.92 Å². The zero-order valence-electron chi connectivity index (χ0n) is 14.3. The zero-order chi connectivity index (χ0) is 16.2. The number of fused-ring (bicyclic) bond motifs is 1. The van der Waals surface area contributed by atoms with Gasteiger partial charge in [0.1, 0.15) is 0 Å². The lowest BCUT2D eigenvalue weighted by Crippen LogP contribution is -2.41. The number of hydrogen-bond acceptors (Lipinski definition) is 4. The third-order valence-corrected chi connectivity index (χ3v) is 5.29. The van der Waals surface area contributed by atoms with E-state index in [0.717, 1.165) is 34.9 Å². The second kappa shape index (κ2) is 4.98. The van der Waals surface area contributed by atoms with Crippen LogP contribution in [0, 0.1) is 5.92 Å². The Kier molecular flexibility index (Phi) is 3.26. The predicted molar refractivity (Wildman–Crippen MR) is 93.0 cm³/mol. The second-order valence-corrected chi connectivity index (χ2v) is 7.77. The molecule has 122 valence electrons. The van der Waals surface area contributed by atoms with Crippen molar-refractivity contribution in [3.8, 4) is 0 Å². The zero-order valence-corrected chi connectivity index (χ0v) is 14.3. The van der Waals surface area contributed by atoms with E-state index >= 15 is 0 Å². The van der Waals surface area contributed by atoms with Gasteiger partial charge in [0.25, 0.3) is 0 Å². The molecule has 0 unspecified atom stereocenters. The van der Waals surface area contributed by atoms with Gasteiger partial charge in [0.05, 0.1) is 22.2 Å². The molecule has 5 nitrogen and oxygen atoms in total. The van der Waals surface area contributed by atoms with E-state index in [-0.39, 0.29) is 18.3 Å². The molecule has 0 bridgehead atoms. The van der Waals surface area contributed by atoms with Crippen molar-refractivity contribution in [3.05, 3.63) is 18.2 Å². The smallest absolute Gasteiger partial charge is 0.399 e. The second-order valence-electron chi connectivity index (χ2n) is 7.77. The van der Waals surface area contributed by atoms with Gasteiger partial charge in [-0.25, -0.2) is 4.98 Å². The molecule has 1 saturated carbocycles. The molecular formula is C17H24BN3O2. The number of rotatable bonds is 4. The summed E-state index contributed by atoms with van der Waals surface area (Å²) in [4.78, 5) is 7.96. The molecule has 1 saturated heterocycles. The van der Waals surface area contributed by atoms with Crippen LogP contribution in [0.2, 0.25) is 0 Å². The Labute approximate surface area is 137 Å². The van der Waals surface area contributed by atoms with E-state index in [4.69, 9.17) is 9.31 Å². The van der Waals surface area contributed by atoms with Crippen LogP contribution in [0.15, 0.2) is 18.2 Å². The van der Waals surface area contributed by atoms with Crippen LogP contribution in [0.25, 0.3) is 11.0 Å². The predicted octanol–water partition coefficient (Wildman–Crippen LogP) is 2.68. The van der Waals surface area contributed by atoms with E-state index in [1.807, 2.05) is 12.1 Å². The van der Waals surface area contributed by atoms with E-state index in [9.17, 15) is 0 Å². The summed E-state index contributed by atoms with van der Waals surface area (Å²) in [6.45, 7) is 9.28. The fourth-order valence-electron chi connectivity index (χ4n) is 2.80. The van der Waals surface area contributed by atoms with Crippen LogP contribution in [-0.4, -0.2) is 34.8 Å². The third kappa shape index (κ3) is 2.74. The highest BCUT2D eigenvalue weighted by atomic mass is 16.7. The van der Waals surface area contributed by atoms with Gasteiger partial charge in [0.15, 0.2) is 0 Å². The van der Waals surface area contributed by atoms with Crippen LogP contribution in [0.1, 0.15) is 40.5 Å². The third-order valence-electron chi connectivity index (χ3n) is 5.29. The number of aromatic nitrogens is 2. The topological polar surface area (TPSA) is 59.2 Å². The molecule has 0 atom stereocenters. The summed E-state index contributed by atoms with van der Waals surface area (Å²) in [5.41, 5.74) is 2.33. The first-order valence-corrected chi connectivity index (χ1v) is 8.43. The molecule has 23 heavy (non-hydrogen) atoms. The van der Waals surface area contributed by atoms with Crippen molar-refractivity contribution >= 4 is 29.6 Å². The van der Waals surface area contributed by atoms with Gasteiger partial charge < -0.3 is 19.6 Å². The summed E-state index contributed by atoms with van der Waals surface area (Å²) in [7, 11) is -0.344. The van der Waals surface area contributed by atoms with Crippen LogP contribution < -0.4 is 10.8 Å². The van der Waals surface area contributed by atoms with Crippen molar-refractivity contribution in [2.45, 2.75) is 51.7 Å². The Bertz CT molecular complexity index is 721. The minimum absolute atomic E-state index is 0.324. The standard InChI is InChI=1S/C17H24BN3O2/c1-16(2)17(3,4)23-18(22-16)12-7-8-13-14(9-12)21-15(20-13)19-10-11-5-6-11/h7-9,11H,5-6,10H2,1-4H3,(H2,19,20,21). The Morgan fingerprint density at radius 1 is 1.22 bits per heavy atom. The summed E-state index contributed by atoms with van der Waals surface area (Å²) >= 11 is 0. The lowest BCUT2D eigenvalue weighted by molar-refractivity contribution is 0.00578. The summed E-state index contributed by atoms with van der Waals surface area (Å²) < 4.78 is 12.2. The van der Waals surface area contributed by atoms with Gasteiger partial charge in [0, 0.05) is 6.54 Å². The first kappa shape index (κ1) is 15.0. The Balaban J connectivity index is 1.56. The number of H-pyrrole nitrogens is 1. The van der Waals surface area contributed by atoms with Crippen LogP contribution in [0.4, 0.5) is 5.95 Å². The Hall–Kier alpha value is -1.53. The fraction of sp³-hybridized carbons (Fsp3) is 0.588. The van der Waals surface area contributed by atoms with Gasteiger partial charge in [0.2, 0.25) is 5.95 Å². The van der Waals surface area contributed by atoms with E-state index in [1.165, 1.54) is 12.8 Å².